The molecule has 3 rings (SSSR count). The summed E-state index contributed by atoms with van der Waals surface area (Å²) in [6.07, 6.45) is 1.56. The Hall–Kier alpha value is -1.06. The SMILES string of the molecule is Fc1cc(Br)cc2c1CCC(c1ccccc1Cl)N2. The molecule has 1 aliphatic rings. The highest BCUT2D eigenvalue weighted by Crippen LogP contribution is 2.37. The van der Waals surface area contributed by atoms with Gasteiger partial charge in [0.05, 0.1) is 6.04 Å². The number of benzene rings is 2. The second-order valence-corrected chi connectivity index (χ2v) is 5.99. The summed E-state index contributed by atoms with van der Waals surface area (Å²) in [6, 6.07) is 11.3. The van der Waals surface area contributed by atoms with Crippen molar-refractivity contribution in [3.05, 3.63) is 62.8 Å². The van der Waals surface area contributed by atoms with E-state index in [1.807, 2.05) is 30.3 Å². The lowest BCUT2D eigenvalue weighted by Crippen LogP contribution is -2.19. The van der Waals surface area contributed by atoms with Gasteiger partial charge in [-0.2, -0.15) is 0 Å². The molecule has 0 amide bonds. The van der Waals surface area contributed by atoms with E-state index in [4.69, 9.17) is 11.6 Å². The molecule has 0 bridgehead atoms. The van der Waals surface area contributed by atoms with Crippen LogP contribution in [0.25, 0.3) is 0 Å². The van der Waals surface area contributed by atoms with Crippen LogP contribution in [0.3, 0.4) is 0 Å². The molecule has 2 aromatic rings. The van der Waals surface area contributed by atoms with Crippen molar-refractivity contribution in [1.82, 2.24) is 0 Å². The molecule has 0 aliphatic carbocycles. The van der Waals surface area contributed by atoms with Crippen molar-refractivity contribution >= 4 is 33.2 Å². The zero-order valence-electron chi connectivity index (χ0n) is 10.1. The second-order valence-electron chi connectivity index (χ2n) is 4.67. The molecule has 0 saturated carbocycles. The Bertz CT molecular complexity index is 630. The zero-order chi connectivity index (χ0) is 13.4. The summed E-state index contributed by atoms with van der Waals surface area (Å²) in [4.78, 5) is 0. The van der Waals surface area contributed by atoms with E-state index in [0.29, 0.717) is 0 Å². The van der Waals surface area contributed by atoms with Gasteiger partial charge in [-0.25, -0.2) is 4.39 Å². The Kier molecular flexibility index (Phi) is 3.50. The van der Waals surface area contributed by atoms with E-state index in [1.165, 1.54) is 6.07 Å². The van der Waals surface area contributed by atoms with E-state index in [2.05, 4.69) is 21.2 Å². The molecule has 1 unspecified atom stereocenters. The van der Waals surface area contributed by atoms with Gasteiger partial charge in [-0.1, -0.05) is 45.7 Å². The molecule has 0 saturated heterocycles. The third-order valence-electron chi connectivity index (χ3n) is 3.45. The minimum atomic E-state index is -0.158. The highest BCUT2D eigenvalue weighted by molar-refractivity contribution is 9.10. The quantitative estimate of drug-likeness (QED) is 0.739. The number of hydrogen-bond acceptors (Lipinski definition) is 1. The van der Waals surface area contributed by atoms with Crippen LogP contribution in [0, 0.1) is 5.82 Å². The minimum Gasteiger partial charge on any atom is -0.378 e. The standard InChI is InChI=1S/C15H12BrClFN/c16-9-7-13(18)11-5-6-14(19-15(11)8-9)10-3-1-2-4-12(10)17/h1-4,7-8,14,19H,5-6H2. The number of hydrogen-bond donors (Lipinski definition) is 1. The maximum absolute atomic E-state index is 13.8. The normalized spacial score (nSPS) is 17.7. The van der Waals surface area contributed by atoms with Crippen LogP contribution in [-0.4, -0.2) is 0 Å². The van der Waals surface area contributed by atoms with Gasteiger partial charge in [-0.3, -0.25) is 0 Å². The lowest BCUT2D eigenvalue weighted by Gasteiger charge is -2.28. The molecule has 1 heterocycles. The molecule has 1 nitrogen and oxygen atoms in total. The van der Waals surface area contributed by atoms with Gasteiger partial charge in [0.2, 0.25) is 0 Å². The maximum atomic E-state index is 13.8. The summed E-state index contributed by atoms with van der Waals surface area (Å²) in [7, 11) is 0. The van der Waals surface area contributed by atoms with Gasteiger partial charge >= 0.3 is 0 Å². The Morgan fingerprint density at radius 3 is 2.84 bits per heavy atom. The second kappa shape index (κ2) is 5.14. The number of anilines is 1. The van der Waals surface area contributed by atoms with Crippen molar-refractivity contribution in [3.8, 4) is 0 Å². The molecule has 1 N–H and O–H groups in total. The summed E-state index contributed by atoms with van der Waals surface area (Å²) >= 11 is 9.55. The molecule has 98 valence electrons. The fraction of sp³-hybridized carbons (Fsp3) is 0.200. The maximum Gasteiger partial charge on any atom is 0.129 e. The van der Waals surface area contributed by atoms with E-state index >= 15 is 0 Å². The Morgan fingerprint density at radius 2 is 2.05 bits per heavy atom. The average molecular weight is 341 g/mol. The van der Waals surface area contributed by atoms with Crippen molar-refractivity contribution in [3.63, 3.8) is 0 Å². The predicted molar refractivity (Wildman–Crippen MR) is 80.2 cm³/mol. The van der Waals surface area contributed by atoms with Crippen LogP contribution in [0.15, 0.2) is 40.9 Å². The van der Waals surface area contributed by atoms with Gasteiger partial charge in [0.25, 0.3) is 0 Å². The largest absolute Gasteiger partial charge is 0.378 e. The van der Waals surface area contributed by atoms with Gasteiger partial charge in [0.15, 0.2) is 0 Å². The van der Waals surface area contributed by atoms with Crippen LogP contribution in [0.4, 0.5) is 10.1 Å². The highest BCUT2D eigenvalue weighted by atomic mass is 79.9. The smallest absolute Gasteiger partial charge is 0.129 e. The third kappa shape index (κ3) is 2.49. The lowest BCUT2D eigenvalue weighted by molar-refractivity contribution is 0.581. The zero-order valence-corrected chi connectivity index (χ0v) is 12.4. The summed E-state index contributed by atoms with van der Waals surface area (Å²) in [6.45, 7) is 0. The topological polar surface area (TPSA) is 12.0 Å². The van der Waals surface area contributed by atoms with Crippen LogP contribution in [0.5, 0.6) is 0 Å². The summed E-state index contributed by atoms with van der Waals surface area (Å²) in [5.41, 5.74) is 2.67. The van der Waals surface area contributed by atoms with Crippen LogP contribution < -0.4 is 5.32 Å². The average Bonchev–Trinajstić information content (AvgIpc) is 2.38. The number of nitrogens with one attached hydrogen (secondary N) is 1. The van der Waals surface area contributed by atoms with Gasteiger partial charge in [0.1, 0.15) is 5.82 Å². The molecular formula is C15H12BrClFN. The number of halogens is 3. The van der Waals surface area contributed by atoms with E-state index in [9.17, 15) is 4.39 Å². The fourth-order valence-corrected chi connectivity index (χ4v) is 3.22. The lowest BCUT2D eigenvalue weighted by atomic mass is 9.93. The molecule has 0 aromatic heterocycles. The van der Waals surface area contributed by atoms with E-state index < -0.39 is 0 Å². The van der Waals surface area contributed by atoms with Crippen molar-refractivity contribution in [2.75, 3.05) is 5.32 Å². The molecule has 1 atom stereocenters. The monoisotopic (exact) mass is 339 g/mol. The molecule has 1 aliphatic heterocycles. The third-order valence-corrected chi connectivity index (χ3v) is 4.26. The van der Waals surface area contributed by atoms with Crippen LogP contribution >= 0.6 is 27.5 Å². The van der Waals surface area contributed by atoms with Gasteiger partial charge in [-0.15, -0.1) is 0 Å². The Morgan fingerprint density at radius 1 is 1.26 bits per heavy atom. The molecule has 0 spiro atoms. The first-order valence-electron chi connectivity index (χ1n) is 6.14. The van der Waals surface area contributed by atoms with E-state index in [-0.39, 0.29) is 11.9 Å². The Labute approximate surface area is 124 Å². The van der Waals surface area contributed by atoms with Gasteiger partial charge < -0.3 is 5.32 Å². The van der Waals surface area contributed by atoms with Crippen LogP contribution in [-0.2, 0) is 6.42 Å². The molecule has 4 heteroatoms. The Balaban J connectivity index is 1.97. The minimum absolute atomic E-state index is 0.134. The summed E-state index contributed by atoms with van der Waals surface area (Å²) < 4.78 is 14.6. The molecular weight excluding hydrogens is 329 g/mol. The molecule has 0 radical (unpaired) electrons. The first kappa shape index (κ1) is 12.9. The summed E-state index contributed by atoms with van der Waals surface area (Å²) in [5.74, 6) is -0.158. The number of fused-ring (bicyclic) bond motifs is 1. The van der Waals surface area contributed by atoms with Crippen molar-refractivity contribution < 1.29 is 4.39 Å². The van der Waals surface area contributed by atoms with Crippen LogP contribution in [0.1, 0.15) is 23.6 Å². The van der Waals surface area contributed by atoms with Crippen molar-refractivity contribution in [1.29, 1.82) is 0 Å². The van der Waals surface area contributed by atoms with Gasteiger partial charge in [0, 0.05) is 20.7 Å². The molecule has 0 fully saturated rings. The first-order valence-corrected chi connectivity index (χ1v) is 7.31. The van der Waals surface area contributed by atoms with E-state index in [1.54, 1.807) is 0 Å². The van der Waals surface area contributed by atoms with Crippen molar-refractivity contribution in [2.45, 2.75) is 18.9 Å². The molecule has 19 heavy (non-hydrogen) atoms. The number of rotatable bonds is 1. The fourth-order valence-electron chi connectivity index (χ4n) is 2.53. The highest BCUT2D eigenvalue weighted by Gasteiger charge is 2.23. The predicted octanol–water partition coefficient (Wildman–Crippen LogP) is 5.34. The first-order chi connectivity index (χ1) is 9.15. The van der Waals surface area contributed by atoms with Crippen molar-refractivity contribution in [2.24, 2.45) is 0 Å². The molecule has 2 aromatic carbocycles. The van der Waals surface area contributed by atoms with E-state index in [0.717, 1.165) is 39.2 Å². The van der Waals surface area contributed by atoms with Gasteiger partial charge in [-0.05, 0) is 36.6 Å². The van der Waals surface area contributed by atoms with Crippen LogP contribution in [0.2, 0.25) is 5.02 Å². The summed E-state index contributed by atoms with van der Waals surface area (Å²) in [5, 5.41) is 4.13.